The lowest BCUT2D eigenvalue weighted by Gasteiger charge is -2.07. The summed E-state index contributed by atoms with van der Waals surface area (Å²) in [6, 6.07) is 8.28. The molecule has 3 N–H and O–H groups in total. The monoisotopic (exact) mass is 289 g/mol. The smallest absolute Gasteiger partial charge is 0.271 e. The standard InChI is InChI=1S/C15H19N3OS/c1-10(2)12-5-3-11(4-6-12)8-17-15(19)13-9-20-14(7-16)18-13/h3-6,9-10H,7-8,16H2,1-2H3,(H,17,19). The maximum Gasteiger partial charge on any atom is 0.271 e. The molecular formula is C15H19N3OS. The molecule has 0 radical (unpaired) electrons. The summed E-state index contributed by atoms with van der Waals surface area (Å²) in [6.07, 6.45) is 0. The van der Waals surface area contributed by atoms with Gasteiger partial charge in [-0.2, -0.15) is 0 Å². The van der Waals surface area contributed by atoms with Crippen molar-refractivity contribution in [3.63, 3.8) is 0 Å². The molecule has 0 unspecified atom stereocenters. The quantitative estimate of drug-likeness (QED) is 0.889. The number of carbonyl (C=O) groups is 1. The van der Waals surface area contributed by atoms with Crippen LogP contribution < -0.4 is 11.1 Å². The zero-order valence-electron chi connectivity index (χ0n) is 11.7. The second-order valence-corrected chi connectivity index (χ2v) is 5.85. The minimum atomic E-state index is -0.158. The van der Waals surface area contributed by atoms with E-state index < -0.39 is 0 Å². The van der Waals surface area contributed by atoms with Crippen LogP contribution in [-0.4, -0.2) is 10.9 Å². The number of amides is 1. The van der Waals surface area contributed by atoms with E-state index in [4.69, 9.17) is 5.73 Å². The number of nitrogens with one attached hydrogen (secondary N) is 1. The van der Waals surface area contributed by atoms with Gasteiger partial charge in [-0.1, -0.05) is 38.1 Å². The Morgan fingerprint density at radius 2 is 2.05 bits per heavy atom. The molecule has 1 amide bonds. The van der Waals surface area contributed by atoms with Gasteiger partial charge in [0.05, 0.1) is 0 Å². The topological polar surface area (TPSA) is 68.0 Å². The van der Waals surface area contributed by atoms with Crippen LogP contribution in [0.2, 0.25) is 0 Å². The molecule has 106 valence electrons. The Morgan fingerprint density at radius 1 is 1.35 bits per heavy atom. The first-order chi connectivity index (χ1) is 9.60. The van der Waals surface area contributed by atoms with E-state index in [2.05, 4.69) is 36.3 Å². The second-order valence-electron chi connectivity index (χ2n) is 4.91. The lowest BCUT2D eigenvalue weighted by atomic mass is 10.0. The fourth-order valence-electron chi connectivity index (χ4n) is 1.80. The van der Waals surface area contributed by atoms with Crippen molar-refractivity contribution >= 4 is 17.2 Å². The molecular weight excluding hydrogens is 270 g/mol. The molecule has 1 heterocycles. The third-order valence-corrected chi connectivity index (χ3v) is 3.93. The van der Waals surface area contributed by atoms with E-state index in [1.807, 2.05) is 12.1 Å². The second kappa shape index (κ2) is 6.63. The van der Waals surface area contributed by atoms with E-state index in [9.17, 15) is 4.79 Å². The SMILES string of the molecule is CC(C)c1ccc(CNC(=O)c2csc(CN)n2)cc1. The highest BCUT2D eigenvalue weighted by Crippen LogP contribution is 2.14. The molecule has 2 aromatic rings. The van der Waals surface area contributed by atoms with Crippen molar-refractivity contribution in [2.24, 2.45) is 5.73 Å². The first-order valence-electron chi connectivity index (χ1n) is 6.61. The summed E-state index contributed by atoms with van der Waals surface area (Å²) in [6.45, 7) is 5.20. The molecule has 0 bridgehead atoms. The molecule has 0 spiro atoms. The van der Waals surface area contributed by atoms with Crippen LogP contribution in [0.1, 0.15) is 46.4 Å². The predicted molar refractivity (Wildman–Crippen MR) is 81.7 cm³/mol. The van der Waals surface area contributed by atoms with Gasteiger partial charge in [-0.25, -0.2) is 4.98 Å². The molecule has 4 nitrogen and oxygen atoms in total. The average molecular weight is 289 g/mol. The normalized spacial score (nSPS) is 10.8. The Morgan fingerprint density at radius 3 is 2.60 bits per heavy atom. The summed E-state index contributed by atoms with van der Waals surface area (Å²) < 4.78 is 0. The number of carbonyl (C=O) groups excluding carboxylic acids is 1. The van der Waals surface area contributed by atoms with Crippen molar-refractivity contribution < 1.29 is 4.79 Å². The van der Waals surface area contributed by atoms with E-state index in [1.54, 1.807) is 5.38 Å². The van der Waals surface area contributed by atoms with Crippen molar-refractivity contribution in [1.29, 1.82) is 0 Å². The van der Waals surface area contributed by atoms with Crippen LogP contribution in [0.5, 0.6) is 0 Å². The highest BCUT2D eigenvalue weighted by atomic mass is 32.1. The molecule has 1 aromatic carbocycles. The van der Waals surface area contributed by atoms with E-state index in [0.29, 0.717) is 24.7 Å². The fourth-order valence-corrected chi connectivity index (χ4v) is 2.46. The summed E-state index contributed by atoms with van der Waals surface area (Å²) in [7, 11) is 0. The van der Waals surface area contributed by atoms with E-state index in [1.165, 1.54) is 16.9 Å². The zero-order valence-corrected chi connectivity index (χ0v) is 12.5. The highest BCUT2D eigenvalue weighted by Gasteiger charge is 2.09. The lowest BCUT2D eigenvalue weighted by Crippen LogP contribution is -2.23. The van der Waals surface area contributed by atoms with Gasteiger partial charge >= 0.3 is 0 Å². The van der Waals surface area contributed by atoms with Crippen LogP contribution in [0.25, 0.3) is 0 Å². The van der Waals surface area contributed by atoms with Crippen molar-refractivity contribution in [2.75, 3.05) is 0 Å². The Hall–Kier alpha value is -1.72. The number of thiazole rings is 1. The Bertz CT molecular complexity index is 575. The molecule has 0 saturated heterocycles. The molecule has 0 fully saturated rings. The van der Waals surface area contributed by atoms with Gasteiger partial charge in [0.2, 0.25) is 0 Å². The number of benzene rings is 1. The fraction of sp³-hybridized carbons (Fsp3) is 0.333. The van der Waals surface area contributed by atoms with Gasteiger partial charge in [-0.15, -0.1) is 11.3 Å². The van der Waals surface area contributed by atoms with Gasteiger partial charge in [0, 0.05) is 18.5 Å². The van der Waals surface area contributed by atoms with Gasteiger partial charge in [-0.05, 0) is 17.0 Å². The van der Waals surface area contributed by atoms with E-state index >= 15 is 0 Å². The van der Waals surface area contributed by atoms with Crippen LogP contribution in [0.4, 0.5) is 0 Å². The minimum Gasteiger partial charge on any atom is -0.347 e. The van der Waals surface area contributed by atoms with Crippen molar-refractivity contribution in [1.82, 2.24) is 10.3 Å². The molecule has 0 aliphatic heterocycles. The van der Waals surface area contributed by atoms with Crippen molar-refractivity contribution in [3.05, 3.63) is 51.5 Å². The van der Waals surface area contributed by atoms with Gasteiger partial charge in [0.15, 0.2) is 0 Å². The lowest BCUT2D eigenvalue weighted by molar-refractivity contribution is 0.0946. The molecule has 20 heavy (non-hydrogen) atoms. The molecule has 0 saturated carbocycles. The van der Waals surface area contributed by atoms with Crippen molar-refractivity contribution in [3.8, 4) is 0 Å². The van der Waals surface area contributed by atoms with Gasteiger partial charge < -0.3 is 11.1 Å². The van der Waals surface area contributed by atoms with Crippen LogP contribution >= 0.6 is 11.3 Å². The zero-order chi connectivity index (χ0) is 14.5. The summed E-state index contributed by atoms with van der Waals surface area (Å²) in [5.74, 6) is 0.359. The Labute approximate surface area is 123 Å². The molecule has 0 aliphatic rings. The minimum absolute atomic E-state index is 0.158. The first-order valence-corrected chi connectivity index (χ1v) is 7.49. The number of hydrogen-bond donors (Lipinski definition) is 2. The summed E-state index contributed by atoms with van der Waals surface area (Å²) in [5.41, 5.74) is 8.30. The van der Waals surface area contributed by atoms with Crippen LogP contribution in [0.3, 0.4) is 0 Å². The number of rotatable bonds is 5. The van der Waals surface area contributed by atoms with Gasteiger partial charge in [0.25, 0.3) is 5.91 Å². The van der Waals surface area contributed by atoms with Crippen LogP contribution in [0.15, 0.2) is 29.6 Å². The number of nitrogens with zero attached hydrogens (tertiary/aromatic N) is 1. The first kappa shape index (κ1) is 14.7. The Kier molecular flexibility index (Phi) is 4.87. The van der Waals surface area contributed by atoms with Crippen molar-refractivity contribution in [2.45, 2.75) is 32.9 Å². The molecule has 0 atom stereocenters. The third kappa shape index (κ3) is 3.65. The van der Waals surface area contributed by atoms with E-state index in [0.717, 1.165) is 10.6 Å². The highest BCUT2D eigenvalue weighted by molar-refractivity contribution is 7.09. The number of hydrogen-bond acceptors (Lipinski definition) is 4. The van der Waals surface area contributed by atoms with Gasteiger partial charge in [-0.3, -0.25) is 4.79 Å². The maximum absolute atomic E-state index is 11.9. The third-order valence-electron chi connectivity index (χ3n) is 3.06. The summed E-state index contributed by atoms with van der Waals surface area (Å²) in [4.78, 5) is 16.1. The average Bonchev–Trinajstić information content (AvgIpc) is 2.94. The summed E-state index contributed by atoms with van der Waals surface area (Å²) >= 11 is 1.41. The summed E-state index contributed by atoms with van der Waals surface area (Å²) in [5, 5.41) is 5.38. The van der Waals surface area contributed by atoms with Gasteiger partial charge in [0.1, 0.15) is 10.7 Å². The molecule has 5 heteroatoms. The van der Waals surface area contributed by atoms with Crippen LogP contribution in [-0.2, 0) is 13.1 Å². The Balaban J connectivity index is 1.92. The molecule has 0 aliphatic carbocycles. The number of aromatic nitrogens is 1. The molecule has 2 rings (SSSR count). The number of nitrogens with two attached hydrogens (primary N) is 1. The predicted octanol–water partition coefficient (Wildman–Crippen LogP) is 2.66. The van der Waals surface area contributed by atoms with Crippen LogP contribution in [0, 0.1) is 0 Å². The maximum atomic E-state index is 11.9. The molecule has 1 aromatic heterocycles. The van der Waals surface area contributed by atoms with E-state index in [-0.39, 0.29) is 5.91 Å². The largest absolute Gasteiger partial charge is 0.347 e.